The third-order valence-electron chi connectivity index (χ3n) is 2.63. The number of rotatable bonds is 5. The van der Waals surface area contributed by atoms with Crippen LogP contribution >= 0.6 is 0 Å². The van der Waals surface area contributed by atoms with Gasteiger partial charge in [-0.15, -0.1) is 0 Å². The lowest BCUT2D eigenvalue weighted by Crippen LogP contribution is -2.24. The number of halogens is 1. The Morgan fingerprint density at radius 2 is 2.24 bits per heavy atom. The van der Waals surface area contributed by atoms with Crippen molar-refractivity contribution in [2.75, 3.05) is 0 Å². The van der Waals surface area contributed by atoms with E-state index in [1.165, 1.54) is 12.1 Å². The van der Waals surface area contributed by atoms with E-state index < -0.39 is 5.82 Å². The van der Waals surface area contributed by atoms with Crippen LogP contribution in [0, 0.1) is 5.82 Å². The van der Waals surface area contributed by atoms with Crippen molar-refractivity contribution in [1.29, 1.82) is 0 Å². The number of benzene rings is 1. The van der Waals surface area contributed by atoms with Crippen LogP contribution in [0.3, 0.4) is 0 Å². The van der Waals surface area contributed by atoms with Crippen LogP contribution in [-0.4, -0.2) is 17.1 Å². The van der Waals surface area contributed by atoms with Crippen molar-refractivity contribution >= 4 is 5.84 Å². The highest BCUT2D eigenvalue weighted by atomic mass is 19.1. The van der Waals surface area contributed by atoms with E-state index in [1.807, 2.05) is 0 Å². The highest BCUT2D eigenvalue weighted by Crippen LogP contribution is 2.09. The van der Waals surface area contributed by atoms with Gasteiger partial charge in [-0.3, -0.25) is 0 Å². The molecule has 1 aromatic rings. The summed E-state index contributed by atoms with van der Waals surface area (Å²) in [6, 6.07) is 4.74. The smallest absolute Gasteiger partial charge is 0.170 e. The summed E-state index contributed by atoms with van der Waals surface area (Å²) in [5, 5.41) is 14.7. The van der Waals surface area contributed by atoms with E-state index in [-0.39, 0.29) is 5.84 Å². The number of hydrogen-bond donors (Lipinski definition) is 3. The summed E-state index contributed by atoms with van der Waals surface area (Å²) in [7, 11) is 0. The summed E-state index contributed by atoms with van der Waals surface area (Å²) >= 11 is 0. The van der Waals surface area contributed by atoms with Gasteiger partial charge in [0, 0.05) is 18.2 Å². The molecule has 0 aliphatic carbocycles. The molecule has 17 heavy (non-hydrogen) atoms. The predicted molar refractivity (Wildman–Crippen MR) is 65.5 cm³/mol. The maximum absolute atomic E-state index is 13.3. The molecule has 0 radical (unpaired) electrons. The second-order valence-electron chi connectivity index (χ2n) is 4.02. The van der Waals surface area contributed by atoms with Crippen LogP contribution in [0.2, 0.25) is 0 Å². The van der Waals surface area contributed by atoms with Crippen molar-refractivity contribution in [3.8, 4) is 0 Å². The van der Waals surface area contributed by atoms with Crippen LogP contribution in [0.4, 0.5) is 4.39 Å². The fourth-order valence-corrected chi connectivity index (χ4v) is 1.39. The molecule has 1 unspecified atom stereocenters. The summed E-state index contributed by atoms with van der Waals surface area (Å²) in [5.41, 5.74) is 6.58. The zero-order valence-electron chi connectivity index (χ0n) is 10.1. The second kappa shape index (κ2) is 6.20. The van der Waals surface area contributed by atoms with E-state index >= 15 is 0 Å². The van der Waals surface area contributed by atoms with Crippen molar-refractivity contribution in [1.82, 2.24) is 5.32 Å². The van der Waals surface area contributed by atoms with Gasteiger partial charge in [0.25, 0.3) is 0 Å². The number of oxime groups is 1. The van der Waals surface area contributed by atoms with E-state index in [9.17, 15) is 4.39 Å². The number of nitrogens with zero attached hydrogens (tertiary/aromatic N) is 1. The molecule has 0 fully saturated rings. The first kappa shape index (κ1) is 13.4. The Morgan fingerprint density at radius 1 is 1.53 bits per heavy atom. The van der Waals surface area contributed by atoms with Crippen molar-refractivity contribution in [2.24, 2.45) is 10.9 Å². The molecule has 1 atom stereocenters. The van der Waals surface area contributed by atoms with Gasteiger partial charge < -0.3 is 16.3 Å². The van der Waals surface area contributed by atoms with E-state index in [2.05, 4.69) is 24.3 Å². The molecule has 4 N–H and O–H groups in total. The quantitative estimate of drug-likeness (QED) is 0.317. The van der Waals surface area contributed by atoms with Gasteiger partial charge in [0.2, 0.25) is 0 Å². The lowest BCUT2D eigenvalue weighted by atomic mass is 10.1. The molecule has 0 saturated carbocycles. The van der Waals surface area contributed by atoms with Crippen molar-refractivity contribution < 1.29 is 9.60 Å². The average Bonchev–Trinajstić information content (AvgIpc) is 2.34. The fraction of sp³-hybridized carbons (Fsp3) is 0.417. The number of nitrogens with two attached hydrogens (primary N) is 1. The Labute approximate surface area is 100 Å². The van der Waals surface area contributed by atoms with Crippen LogP contribution in [0.1, 0.15) is 31.4 Å². The Morgan fingerprint density at radius 3 is 2.82 bits per heavy atom. The van der Waals surface area contributed by atoms with Gasteiger partial charge >= 0.3 is 0 Å². The normalized spacial score (nSPS) is 13.7. The molecule has 0 saturated heterocycles. The molecule has 0 aliphatic heterocycles. The monoisotopic (exact) mass is 239 g/mol. The van der Waals surface area contributed by atoms with Gasteiger partial charge in [-0.2, -0.15) is 0 Å². The zero-order chi connectivity index (χ0) is 12.8. The fourth-order valence-electron chi connectivity index (χ4n) is 1.39. The summed E-state index contributed by atoms with van der Waals surface area (Å²) in [4.78, 5) is 0. The number of amidine groups is 1. The van der Waals surface area contributed by atoms with Gasteiger partial charge in [0.1, 0.15) is 5.82 Å². The van der Waals surface area contributed by atoms with E-state index in [4.69, 9.17) is 10.9 Å². The lowest BCUT2D eigenvalue weighted by molar-refractivity contribution is 0.318. The topological polar surface area (TPSA) is 70.6 Å². The minimum Gasteiger partial charge on any atom is -0.409 e. The van der Waals surface area contributed by atoms with E-state index in [1.54, 1.807) is 6.07 Å². The largest absolute Gasteiger partial charge is 0.409 e. The molecule has 1 rings (SSSR count). The van der Waals surface area contributed by atoms with E-state index in [0.717, 1.165) is 12.0 Å². The maximum Gasteiger partial charge on any atom is 0.170 e. The standard InChI is InChI=1S/C12H18FN3O/c1-3-8(2)15-7-9-4-10(12(14)16-17)6-11(13)5-9/h4-6,8,15,17H,3,7H2,1-2H3,(H2,14,16). The minimum absolute atomic E-state index is 0.0886. The maximum atomic E-state index is 13.3. The van der Waals surface area contributed by atoms with Crippen LogP contribution in [0.25, 0.3) is 0 Å². The van der Waals surface area contributed by atoms with Gasteiger partial charge in [0.15, 0.2) is 5.84 Å². The summed E-state index contributed by atoms with van der Waals surface area (Å²) < 4.78 is 13.3. The molecule has 5 heteroatoms. The molecular formula is C12H18FN3O. The van der Waals surface area contributed by atoms with Gasteiger partial charge in [-0.05, 0) is 37.1 Å². The van der Waals surface area contributed by atoms with Crippen molar-refractivity contribution in [3.63, 3.8) is 0 Å². The summed E-state index contributed by atoms with van der Waals surface area (Å²) in [6.07, 6.45) is 1.00. The second-order valence-corrected chi connectivity index (χ2v) is 4.02. The third-order valence-corrected chi connectivity index (χ3v) is 2.63. The van der Waals surface area contributed by atoms with Crippen molar-refractivity contribution in [2.45, 2.75) is 32.9 Å². The van der Waals surface area contributed by atoms with Crippen LogP contribution in [0.15, 0.2) is 23.4 Å². The first-order valence-corrected chi connectivity index (χ1v) is 5.57. The Hall–Kier alpha value is -1.62. The molecule has 94 valence electrons. The summed E-state index contributed by atoms with van der Waals surface area (Å²) in [5.74, 6) is -0.482. The molecule has 0 aliphatic rings. The Kier molecular flexibility index (Phi) is 4.90. The van der Waals surface area contributed by atoms with Crippen molar-refractivity contribution in [3.05, 3.63) is 35.1 Å². The van der Waals surface area contributed by atoms with E-state index in [0.29, 0.717) is 18.2 Å². The minimum atomic E-state index is -0.393. The predicted octanol–water partition coefficient (Wildman–Crippen LogP) is 1.81. The molecule has 0 heterocycles. The lowest BCUT2D eigenvalue weighted by Gasteiger charge is -2.12. The number of nitrogens with one attached hydrogen (secondary N) is 1. The molecule has 1 aromatic carbocycles. The molecule has 0 aromatic heterocycles. The molecular weight excluding hydrogens is 221 g/mol. The van der Waals surface area contributed by atoms with Crippen LogP contribution in [0.5, 0.6) is 0 Å². The zero-order valence-corrected chi connectivity index (χ0v) is 10.1. The van der Waals surface area contributed by atoms with Gasteiger partial charge in [0.05, 0.1) is 0 Å². The van der Waals surface area contributed by atoms with Crippen LogP contribution < -0.4 is 11.1 Å². The van der Waals surface area contributed by atoms with Gasteiger partial charge in [-0.1, -0.05) is 12.1 Å². The number of hydrogen-bond acceptors (Lipinski definition) is 3. The summed E-state index contributed by atoms with van der Waals surface area (Å²) in [6.45, 7) is 4.69. The molecule has 0 spiro atoms. The SMILES string of the molecule is CCC(C)NCc1cc(F)cc(/C(N)=N/O)c1. The molecule has 0 bridgehead atoms. The average molecular weight is 239 g/mol. The third kappa shape index (κ3) is 4.03. The first-order chi connectivity index (χ1) is 8.06. The van der Waals surface area contributed by atoms with Gasteiger partial charge in [-0.25, -0.2) is 4.39 Å². The Balaban J connectivity index is 2.83. The molecule has 4 nitrogen and oxygen atoms in total. The highest BCUT2D eigenvalue weighted by Gasteiger charge is 2.05. The Bertz CT molecular complexity index is 407. The highest BCUT2D eigenvalue weighted by molar-refractivity contribution is 5.97. The molecule has 0 amide bonds. The first-order valence-electron chi connectivity index (χ1n) is 5.57. The van der Waals surface area contributed by atoms with Crippen LogP contribution in [-0.2, 0) is 6.54 Å².